The highest BCUT2D eigenvalue weighted by atomic mass is 19.3. The quantitative estimate of drug-likeness (QED) is 0.760. The van der Waals surface area contributed by atoms with Gasteiger partial charge in [-0.1, -0.05) is 6.07 Å². The van der Waals surface area contributed by atoms with E-state index in [0.29, 0.717) is 19.5 Å². The van der Waals surface area contributed by atoms with E-state index in [1.807, 2.05) is 4.90 Å². The van der Waals surface area contributed by atoms with Crippen LogP contribution in [0.25, 0.3) is 0 Å². The van der Waals surface area contributed by atoms with Crippen LogP contribution in [0.4, 0.5) is 8.78 Å². The molecular formula is C18H24F2N2O4. The molecule has 2 fully saturated rings. The van der Waals surface area contributed by atoms with Gasteiger partial charge in [0.25, 0.3) is 5.91 Å². The van der Waals surface area contributed by atoms with E-state index in [1.165, 1.54) is 13.2 Å². The predicted octanol–water partition coefficient (Wildman–Crippen LogP) is 2.29. The monoisotopic (exact) mass is 370 g/mol. The Morgan fingerprint density at radius 3 is 2.65 bits per heavy atom. The molecule has 1 heterocycles. The van der Waals surface area contributed by atoms with E-state index >= 15 is 0 Å². The Hall–Kier alpha value is -1.93. The number of carbonyl (C=O) groups excluding carboxylic acids is 1. The smallest absolute Gasteiger partial charge is 0.387 e. The molecule has 2 aliphatic rings. The summed E-state index contributed by atoms with van der Waals surface area (Å²) in [5.74, 6) is 0.155. The van der Waals surface area contributed by atoms with Crippen molar-refractivity contribution in [1.29, 1.82) is 0 Å². The average molecular weight is 370 g/mol. The van der Waals surface area contributed by atoms with Gasteiger partial charge in [-0.25, -0.2) is 0 Å². The van der Waals surface area contributed by atoms with Crippen molar-refractivity contribution in [2.24, 2.45) is 5.73 Å². The van der Waals surface area contributed by atoms with E-state index in [9.17, 15) is 13.6 Å². The summed E-state index contributed by atoms with van der Waals surface area (Å²) in [6.45, 7) is -2.13. The number of ether oxygens (including phenoxy) is 3. The molecule has 0 radical (unpaired) electrons. The molecular weight excluding hydrogens is 346 g/mol. The highest BCUT2D eigenvalue weighted by Gasteiger charge is 2.39. The summed E-state index contributed by atoms with van der Waals surface area (Å²) in [5.41, 5.74) is 6.41. The van der Waals surface area contributed by atoms with Gasteiger partial charge in [0, 0.05) is 19.1 Å². The minimum Gasteiger partial charge on any atom is -0.493 e. The van der Waals surface area contributed by atoms with Gasteiger partial charge < -0.3 is 24.8 Å². The summed E-state index contributed by atoms with van der Waals surface area (Å²) in [6, 6.07) is 4.93. The van der Waals surface area contributed by atoms with Crippen LogP contribution in [-0.2, 0) is 16.1 Å². The van der Waals surface area contributed by atoms with Crippen molar-refractivity contribution in [3.8, 4) is 11.5 Å². The molecule has 26 heavy (non-hydrogen) atoms. The molecule has 8 heteroatoms. The van der Waals surface area contributed by atoms with E-state index in [1.54, 1.807) is 12.1 Å². The standard InChI is InChI=1S/C18H24F2N2O4/c1-24-16-8-11(2-6-14(16)26-18(19)20)10-22(12-3-4-12)17(23)15-7-5-13(9-21)25-15/h2,6,8,12-13,15,18H,3-5,7,9-10,21H2,1H3/t13-,15+/m1/s1. The number of carbonyl (C=O) groups is 1. The van der Waals surface area contributed by atoms with Crippen LogP contribution in [-0.4, -0.2) is 49.3 Å². The Morgan fingerprint density at radius 2 is 2.08 bits per heavy atom. The number of methoxy groups -OCH3 is 1. The van der Waals surface area contributed by atoms with Crippen molar-refractivity contribution in [1.82, 2.24) is 4.90 Å². The van der Waals surface area contributed by atoms with Crippen molar-refractivity contribution in [3.05, 3.63) is 23.8 Å². The summed E-state index contributed by atoms with van der Waals surface area (Å²) in [4.78, 5) is 14.7. The molecule has 1 aromatic carbocycles. The van der Waals surface area contributed by atoms with E-state index in [-0.39, 0.29) is 29.6 Å². The van der Waals surface area contributed by atoms with Crippen molar-refractivity contribution in [2.75, 3.05) is 13.7 Å². The van der Waals surface area contributed by atoms with Crippen LogP contribution < -0.4 is 15.2 Å². The molecule has 1 aliphatic carbocycles. The Labute approximate surface area is 151 Å². The molecule has 1 aromatic rings. The molecule has 0 unspecified atom stereocenters. The summed E-state index contributed by atoms with van der Waals surface area (Å²) < 4.78 is 40.2. The van der Waals surface area contributed by atoms with Gasteiger partial charge in [-0.2, -0.15) is 8.78 Å². The number of hydrogen-bond acceptors (Lipinski definition) is 5. The molecule has 0 bridgehead atoms. The predicted molar refractivity (Wildman–Crippen MR) is 90.1 cm³/mol. The SMILES string of the molecule is COc1cc(CN(C(=O)[C@@H]2CC[C@H](CN)O2)C2CC2)ccc1OC(F)F. The number of nitrogens with two attached hydrogens (primary N) is 1. The number of hydrogen-bond donors (Lipinski definition) is 1. The molecule has 0 aromatic heterocycles. The molecule has 1 saturated carbocycles. The second kappa shape index (κ2) is 8.18. The maximum atomic E-state index is 12.9. The van der Waals surface area contributed by atoms with Crippen molar-refractivity contribution in [3.63, 3.8) is 0 Å². The minimum atomic E-state index is -2.92. The lowest BCUT2D eigenvalue weighted by Crippen LogP contribution is -2.40. The van der Waals surface area contributed by atoms with E-state index < -0.39 is 12.7 Å². The molecule has 6 nitrogen and oxygen atoms in total. The number of alkyl halides is 2. The molecule has 2 N–H and O–H groups in total. The molecule has 0 spiro atoms. The normalized spacial score (nSPS) is 22.5. The Kier molecular flexibility index (Phi) is 5.93. The maximum Gasteiger partial charge on any atom is 0.387 e. The first-order valence-corrected chi connectivity index (χ1v) is 8.79. The number of rotatable bonds is 8. The minimum absolute atomic E-state index is 0.0273. The zero-order valence-corrected chi connectivity index (χ0v) is 14.7. The van der Waals surface area contributed by atoms with Crippen LogP contribution in [0.15, 0.2) is 18.2 Å². The fourth-order valence-corrected chi connectivity index (χ4v) is 3.22. The van der Waals surface area contributed by atoms with Gasteiger partial charge in [0.1, 0.15) is 6.10 Å². The zero-order valence-electron chi connectivity index (χ0n) is 14.7. The third-order valence-electron chi connectivity index (χ3n) is 4.71. The first-order valence-electron chi connectivity index (χ1n) is 8.79. The van der Waals surface area contributed by atoms with E-state index in [2.05, 4.69) is 4.74 Å². The number of nitrogens with zero attached hydrogens (tertiary/aromatic N) is 1. The van der Waals surface area contributed by atoms with Crippen LogP contribution in [0.1, 0.15) is 31.2 Å². The average Bonchev–Trinajstić information content (AvgIpc) is 3.35. The first kappa shape index (κ1) is 18.8. The largest absolute Gasteiger partial charge is 0.493 e. The van der Waals surface area contributed by atoms with Gasteiger partial charge in [0.2, 0.25) is 0 Å². The Balaban J connectivity index is 1.71. The van der Waals surface area contributed by atoms with Gasteiger partial charge in [-0.3, -0.25) is 4.79 Å². The fourth-order valence-electron chi connectivity index (χ4n) is 3.22. The zero-order chi connectivity index (χ0) is 18.7. The van der Waals surface area contributed by atoms with Crippen LogP contribution in [0.3, 0.4) is 0 Å². The highest BCUT2D eigenvalue weighted by molar-refractivity contribution is 5.82. The summed E-state index contributed by atoms with van der Waals surface area (Å²) in [7, 11) is 1.39. The van der Waals surface area contributed by atoms with Crippen LogP contribution >= 0.6 is 0 Å². The van der Waals surface area contributed by atoms with Gasteiger partial charge in [-0.05, 0) is 43.4 Å². The molecule has 2 atom stereocenters. The lowest BCUT2D eigenvalue weighted by molar-refractivity contribution is -0.144. The first-order chi connectivity index (χ1) is 12.5. The van der Waals surface area contributed by atoms with Crippen molar-refractivity contribution in [2.45, 2.75) is 57.1 Å². The van der Waals surface area contributed by atoms with Gasteiger partial charge >= 0.3 is 6.61 Å². The highest BCUT2D eigenvalue weighted by Crippen LogP contribution is 2.34. The van der Waals surface area contributed by atoms with Crippen LogP contribution in [0, 0.1) is 0 Å². The number of benzene rings is 1. The topological polar surface area (TPSA) is 74.0 Å². The summed E-state index contributed by atoms with van der Waals surface area (Å²) >= 11 is 0. The number of amides is 1. The second-order valence-electron chi connectivity index (χ2n) is 6.62. The van der Waals surface area contributed by atoms with Crippen molar-refractivity contribution < 1.29 is 27.8 Å². The van der Waals surface area contributed by atoms with E-state index in [0.717, 1.165) is 24.8 Å². The maximum absolute atomic E-state index is 12.9. The van der Waals surface area contributed by atoms with Crippen LogP contribution in [0.2, 0.25) is 0 Å². The molecule has 3 rings (SSSR count). The van der Waals surface area contributed by atoms with Crippen LogP contribution in [0.5, 0.6) is 11.5 Å². The van der Waals surface area contributed by atoms with Gasteiger partial charge in [-0.15, -0.1) is 0 Å². The lowest BCUT2D eigenvalue weighted by atomic mass is 10.1. The lowest BCUT2D eigenvalue weighted by Gasteiger charge is -2.26. The molecule has 144 valence electrons. The summed E-state index contributed by atoms with van der Waals surface area (Å²) in [5, 5.41) is 0. The Bertz CT molecular complexity index is 640. The van der Waals surface area contributed by atoms with Gasteiger partial charge in [0.15, 0.2) is 11.5 Å². The van der Waals surface area contributed by atoms with Gasteiger partial charge in [0.05, 0.1) is 13.2 Å². The molecule has 1 amide bonds. The van der Waals surface area contributed by atoms with E-state index in [4.69, 9.17) is 15.2 Å². The van der Waals surface area contributed by atoms with Crippen molar-refractivity contribution >= 4 is 5.91 Å². The summed E-state index contributed by atoms with van der Waals surface area (Å²) in [6.07, 6.45) is 2.88. The molecule has 1 saturated heterocycles. The third kappa shape index (κ3) is 4.42. The molecule has 1 aliphatic heterocycles. The fraction of sp³-hybridized carbons (Fsp3) is 0.611. The Morgan fingerprint density at radius 1 is 1.31 bits per heavy atom. The second-order valence-corrected chi connectivity index (χ2v) is 6.62. The number of halogens is 2. The third-order valence-corrected chi connectivity index (χ3v) is 4.71.